The molecular formula is C17H25BrClNS. The van der Waals surface area contributed by atoms with Gasteiger partial charge in [0.1, 0.15) is 0 Å². The Morgan fingerprint density at radius 1 is 1.38 bits per heavy atom. The standard InChI is InChI=1S/C17H25BrClNS/c1-2-7-20-16(10-13-5-8-21-9-6-13)11-14-3-4-15(18)12-17(14)19/h3-4,12-13,16,20H,2,5-11H2,1H3. The van der Waals surface area contributed by atoms with E-state index in [-0.39, 0.29) is 0 Å². The molecule has 0 aromatic heterocycles. The number of benzene rings is 1. The highest BCUT2D eigenvalue weighted by Gasteiger charge is 2.19. The predicted molar refractivity (Wildman–Crippen MR) is 99.6 cm³/mol. The van der Waals surface area contributed by atoms with Crippen molar-refractivity contribution in [2.45, 2.75) is 45.1 Å². The van der Waals surface area contributed by atoms with Crippen molar-refractivity contribution >= 4 is 39.3 Å². The van der Waals surface area contributed by atoms with Gasteiger partial charge >= 0.3 is 0 Å². The third-order valence-corrected chi connectivity index (χ3v) is 6.02. The van der Waals surface area contributed by atoms with Crippen molar-refractivity contribution in [1.29, 1.82) is 0 Å². The summed E-state index contributed by atoms with van der Waals surface area (Å²) in [5.74, 6) is 3.56. The lowest BCUT2D eigenvalue weighted by atomic mass is 9.91. The number of nitrogens with one attached hydrogen (secondary N) is 1. The Morgan fingerprint density at radius 2 is 2.14 bits per heavy atom. The molecule has 1 aliphatic heterocycles. The Morgan fingerprint density at radius 3 is 2.81 bits per heavy atom. The minimum atomic E-state index is 0.553. The molecule has 4 heteroatoms. The van der Waals surface area contributed by atoms with Crippen LogP contribution < -0.4 is 5.32 Å². The van der Waals surface area contributed by atoms with E-state index in [2.05, 4.69) is 52.1 Å². The van der Waals surface area contributed by atoms with Gasteiger partial charge in [0.15, 0.2) is 0 Å². The van der Waals surface area contributed by atoms with Crippen LogP contribution in [0.4, 0.5) is 0 Å². The minimum absolute atomic E-state index is 0.553. The lowest BCUT2D eigenvalue weighted by molar-refractivity contribution is 0.362. The van der Waals surface area contributed by atoms with Crippen molar-refractivity contribution in [1.82, 2.24) is 5.32 Å². The van der Waals surface area contributed by atoms with Crippen LogP contribution in [0.3, 0.4) is 0 Å². The monoisotopic (exact) mass is 389 g/mol. The molecule has 1 unspecified atom stereocenters. The number of hydrogen-bond acceptors (Lipinski definition) is 2. The van der Waals surface area contributed by atoms with E-state index in [4.69, 9.17) is 11.6 Å². The zero-order chi connectivity index (χ0) is 15.1. The first-order chi connectivity index (χ1) is 10.2. The molecule has 1 nitrogen and oxygen atoms in total. The highest BCUT2D eigenvalue weighted by atomic mass is 79.9. The van der Waals surface area contributed by atoms with Gasteiger partial charge in [-0.05, 0) is 73.8 Å². The zero-order valence-corrected chi connectivity index (χ0v) is 15.9. The Hall–Kier alpha value is 0.300. The van der Waals surface area contributed by atoms with Gasteiger partial charge < -0.3 is 5.32 Å². The van der Waals surface area contributed by atoms with Crippen molar-refractivity contribution in [2.75, 3.05) is 18.1 Å². The first kappa shape index (κ1) is 17.7. The van der Waals surface area contributed by atoms with Gasteiger partial charge in [0.25, 0.3) is 0 Å². The number of halogens is 2. The smallest absolute Gasteiger partial charge is 0.0449 e. The molecule has 1 aliphatic rings. The highest BCUT2D eigenvalue weighted by molar-refractivity contribution is 9.10. The van der Waals surface area contributed by atoms with E-state index in [9.17, 15) is 0 Å². The number of hydrogen-bond donors (Lipinski definition) is 1. The molecule has 1 atom stereocenters. The number of thioether (sulfide) groups is 1. The van der Waals surface area contributed by atoms with E-state index in [0.29, 0.717) is 6.04 Å². The van der Waals surface area contributed by atoms with Crippen LogP contribution in [0.2, 0.25) is 5.02 Å². The van der Waals surface area contributed by atoms with Crippen LogP contribution in [-0.2, 0) is 6.42 Å². The van der Waals surface area contributed by atoms with E-state index in [0.717, 1.165) is 28.4 Å². The molecule has 118 valence electrons. The normalized spacial score (nSPS) is 17.9. The van der Waals surface area contributed by atoms with E-state index >= 15 is 0 Å². The van der Waals surface area contributed by atoms with Crippen LogP contribution >= 0.6 is 39.3 Å². The fraction of sp³-hybridized carbons (Fsp3) is 0.647. The average molecular weight is 391 g/mol. The van der Waals surface area contributed by atoms with Crippen LogP contribution in [-0.4, -0.2) is 24.1 Å². The predicted octanol–water partition coefficient (Wildman–Crippen LogP) is 5.55. The van der Waals surface area contributed by atoms with Crippen molar-refractivity contribution in [3.63, 3.8) is 0 Å². The molecule has 2 rings (SSSR count). The first-order valence-electron chi connectivity index (χ1n) is 7.94. The number of rotatable bonds is 7. The molecule has 0 amide bonds. The van der Waals surface area contributed by atoms with Crippen molar-refractivity contribution in [3.05, 3.63) is 33.3 Å². The molecule has 21 heavy (non-hydrogen) atoms. The van der Waals surface area contributed by atoms with E-state index in [1.54, 1.807) is 0 Å². The summed E-state index contributed by atoms with van der Waals surface area (Å²) in [6.45, 7) is 3.33. The van der Waals surface area contributed by atoms with Gasteiger partial charge in [-0.2, -0.15) is 11.8 Å². The Balaban J connectivity index is 1.97. The summed E-state index contributed by atoms with van der Waals surface area (Å²) >= 11 is 12.0. The highest BCUT2D eigenvalue weighted by Crippen LogP contribution is 2.28. The minimum Gasteiger partial charge on any atom is -0.314 e. The summed E-state index contributed by atoms with van der Waals surface area (Å²) in [4.78, 5) is 0. The second-order valence-electron chi connectivity index (χ2n) is 5.88. The lowest BCUT2D eigenvalue weighted by Crippen LogP contribution is -2.34. The average Bonchev–Trinajstić information content (AvgIpc) is 2.48. The molecule has 1 saturated heterocycles. The van der Waals surface area contributed by atoms with Crippen LogP contribution in [0.25, 0.3) is 0 Å². The summed E-state index contributed by atoms with van der Waals surface area (Å²) in [7, 11) is 0. The Labute approximate surface area is 146 Å². The summed E-state index contributed by atoms with van der Waals surface area (Å²) in [6, 6.07) is 6.81. The van der Waals surface area contributed by atoms with Crippen LogP contribution in [0.5, 0.6) is 0 Å². The summed E-state index contributed by atoms with van der Waals surface area (Å²) in [5, 5.41) is 4.61. The second kappa shape index (κ2) is 9.44. The topological polar surface area (TPSA) is 12.0 Å². The molecule has 1 heterocycles. The van der Waals surface area contributed by atoms with Gasteiger partial charge in [0.05, 0.1) is 0 Å². The molecule has 0 spiro atoms. The van der Waals surface area contributed by atoms with Gasteiger partial charge in [-0.25, -0.2) is 0 Å². The maximum Gasteiger partial charge on any atom is 0.0449 e. The summed E-state index contributed by atoms with van der Waals surface area (Å²) < 4.78 is 1.05. The Bertz CT molecular complexity index is 435. The summed E-state index contributed by atoms with van der Waals surface area (Å²) in [6.07, 6.45) is 6.26. The van der Waals surface area contributed by atoms with Crippen molar-refractivity contribution < 1.29 is 0 Å². The molecule has 1 aromatic rings. The van der Waals surface area contributed by atoms with Crippen LogP contribution in [0.15, 0.2) is 22.7 Å². The van der Waals surface area contributed by atoms with E-state index in [1.807, 2.05) is 6.07 Å². The molecule has 0 bridgehead atoms. The van der Waals surface area contributed by atoms with E-state index in [1.165, 1.54) is 42.8 Å². The molecular weight excluding hydrogens is 366 g/mol. The third-order valence-electron chi connectivity index (χ3n) is 4.12. The lowest BCUT2D eigenvalue weighted by Gasteiger charge is -2.27. The molecule has 0 aliphatic carbocycles. The van der Waals surface area contributed by atoms with Gasteiger partial charge in [-0.3, -0.25) is 0 Å². The SMILES string of the molecule is CCCNC(Cc1ccc(Br)cc1Cl)CC1CCSCC1. The van der Waals surface area contributed by atoms with Crippen LogP contribution in [0.1, 0.15) is 38.2 Å². The molecule has 1 aromatic carbocycles. The van der Waals surface area contributed by atoms with Crippen molar-refractivity contribution in [2.24, 2.45) is 5.92 Å². The maximum atomic E-state index is 6.39. The Kier molecular flexibility index (Phi) is 7.94. The largest absolute Gasteiger partial charge is 0.314 e. The van der Waals surface area contributed by atoms with Gasteiger partial charge in [-0.1, -0.05) is 40.5 Å². The quantitative estimate of drug-likeness (QED) is 0.655. The van der Waals surface area contributed by atoms with Crippen molar-refractivity contribution in [3.8, 4) is 0 Å². The maximum absolute atomic E-state index is 6.39. The van der Waals surface area contributed by atoms with Gasteiger partial charge in [0, 0.05) is 15.5 Å². The molecule has 1 fully saturated rings. The molecule has 0 saturated carbocycles. The fourth-order valence-corrected chi connectivity index (χ4v) is 4.88. The van der Waals surface area contributed by atoms with Crippen LogP contribution in [0, 0.1) is 5.92 Å². The molecule has 0 radical (unpaired) electrons. The third kappa shape index (κ3) is 6.13. The summed E-state index contributed by atoms with van der Waals surface area (Å²) in [5.41, 5.74) is 1.26. The first-order valence-corrected chi connectivity index (χ1v) is 10.3. The van der Waals surface area contributed by atoms with E-state index < -0.39 is 0 Å². The molecule has 1 N–H and O–H groups in total. The fourth-order valence-electron chi connectivity index (χ4n) is 2.92. The second-order valence-corrected chi connectivity index (χ2v) is 8.43. The van der Waals surface area contributed by atoms with Gasteiger partial charge in [-0.15, -0.1) is 0 Å². The zero-order valence-electron chi connectivity index (χ0n) is 12.7. The van der Waals surface area contributed by atoms with Gasteiger partial charge in [0.2, 0.25) is 0 Å².